The smallest absolute Gasteiger partial charge is 0.181 e. The van der Waals surface area contributed by atoms with Crippen molar-refractivity contribution in [1.82, 2.24) is 14.8 Å². The van der Waals surface area contributed by atoms with Crippen LogP contribution >= 0.6 is 0 Å². The van der Waals surface area contributed by atoms with Gasteiger partial charge in [0.1, 0.15) is 0 Å². The second-order valence-corrected chi connectivity index (χ2v) is 12.1. The monoisotopic (exact) mass is 435 g/mol. The third-order valence-corrected chi connectivity index (χ3v) is 10.3. The van der Waals surface area contributed by atoms with Crippen molar-refractivity contribution in [2.24, 2.45) is 40.9 Å². The molecule has 0 amide bonds. The van der Waals surface area contributed by atoms with E-state index in [0.717, 1.165) is 48.0 Å². The molecule has 32 heavy (non-hydrogen) atoms. The highest BCUT2D eigenvalue weighted by molar-refractivity contribution is 5.82. The van der Waals surface area contributed by atoms with Gasteiger partial charge in [-0.05, 0) is 112 Å². The number of rotatable bonds is 3. The minimum absolute atomic E-state index is 0.149. The van der Waals surface area contributed by atoms with E-state index in [1.54, 1.807) is 10.9 Å². The van der Waals surface area contributed by atoms with Crippen molar-refractivity contribution in [3.63, 3.8) is 0 Å². The number of carbonyl (C=O) groups excluding carboxylic acids is 1. The first-order valence-corrected chi connectivity index (χ1v) is 12.9. The fourth-order valence-corrected chi connectivity index (χ4v) is 8.87. The number of nitrogens with zero attached hydrogens (tertiary/aromatic N) is 3. The Morgan fingerprint density at radius 1 is 1.09 bits per heavy atom. The first-order valence-electron chi connectivity index (χ1n) is 12.9. The Morgan fingerprint density at radius 3 is 2.78 bits per heavy atom. The lowest BCUT2D eigenvalue weighted by atomic mass is 9.49. The van der Waals surface area contributed by atoms with Crippen molar-refractivity contribution >= 4 is 16.8 Å². The van der Waals surface area contributed by atoms with Crippen molar-refractivity contribution in [1.29, 1.82) is 0 Å². The molecule has 1 N–H and O–H groups in total. The predicted octanol–water partition coefficient (Wildman–Crippen LogP) is 5.02. The number of Topliss-reactive ketones (excluding diaryl/α,β-unsaturated/α-hetero) is 1. The highest BCUT2D eigenvalue weighted by Crippen LogP contribution is 2.64. The van der Waals surface area contributed by atoms with Gasteiger partial charge in [-0.1, -0.05) is 6.92 Å². The van der Waals surface area contributed by atoms with Crippen LogP contribution in [0.1, 0.15) is 71.6 Å². The zero-order chi connectivity index (χ0) is 22.1. The number of fused-ring (bicyclic) bond motifs is 6. The third kappa shape index (κ3) is 3.26. The van der Waals surface area contributed by atoms with Gasteiger partial charge in [-0.15, -0.1) is 0 Å². The summed E-state index contributed by atoms with van der Waals surface area (Å²) in [7, 11) is 0. The molecule has 1 unspecified atom stereocenters. The first kappa shape index (κ1) is 20.8. The summed E-state index contributed by atoms with van der Waals surface area (Å²) in [5.41, 5.74) is 0.421. The quantitative estimate of drug-likeness (QED) is 0.735. The zero-order valence-electron chi connectivity index (χ0n) is 19.5. The Balaban J connectivity index is 1.18. The van der Waals surface area contributed by atoms with Gasteiger partial charge in [-0.25, -0.2) is 4.98 Å². The lowest BCUT2D eigenvalue weighted by Crippen LogP contribution is -2.51. The van der Waals surface area contributed by atoms with E-state index in [2.05, 4.69) is 17.0 Å². The van der Waals surface area contributed by atoms with Gasteiger partial charge in [0.05, 0.1) is 12.1 Å². The summed E-state index contributed by atoms with van der Waals surface area (Å²) in [6.07, 6.45) is 14.2. The van der Waals surface area contributed by atoms with Gasteiger partial charge < -0.3 is 5.11 Å². The number of pyridine rings is 1. The molecule has 172 valence electrons. The molecule has 5 nitrogen and oxygen atoms in total. The summed E-state index contributed by atoms with van der Waals surface area (Å²) < 4.78 is 1.81. The summed E-state index contributed by atoms with van der Waals surface area (Å²) in [6.45, 7) is 4.85. The molecular formula is C27H37N3O2. The van der Waals surface area contributed by atoms with Gasteiger partial charge in [-0.2, -0.15) is 5.10 Å². The molecule has 0 saturated heterocycles. The second-order valence-electron chi connectivity index (χ2n) is 12.1. The Labute approximate surface area is 191 Å². The topological polar surface area (TPSA) is 68.0 Å². The molecule has 0 aliphatic heterocycles. The largest absolute Gasteiger partial charge is 0.390 e. The average Bonchev–Trinajstić information content (AvgIpc) is 3.32. The molecule has 4 aliphatic carbocycles. The minimum Gasteiger partial charge on any atom is -0.390 e. The summed E-state index contributed by atoms with van der Waals surface area (Å²) >= 11 is 0. The molecule has 4 fully saturated rings. The van der Waals surface area contributed by atoms with Gasteiger partial charge >= 0.3 is 0 Å². The molecule has 2 heterocycles. The van der Waals surface area contributed by atoms with Crippen molar-refractivity contribution in [2.75, 3.05) is 0 Å². The van der Waals surface area contributed by atoms with E-state index < -0.39 is 5.60 Å². The van der Waals surface area contributed by atoms with Crippen LogP contribution < -0.4 is 0 Å². The van der Waals surface area contributed by atoms with Crippen LogP contribution in [0.15, 0.2) is 24.5 Å². The maximum Gasteiger partial charge on any atom is 0.181 e. The molecule has 2 aromatic rings. The van der Waals surface area contributed by atoms with E-state index in [1.807, 2.05) is 25.3 Å². The van der Waals surface area contributed by atoms with Gasteiger partial charge in [0.15, 0.2) is 11.4 Å². The highest BCUT2D eigenvalue weighted by atomic mass is 16.3. The van der Waals surface area contributed by atoms with Crippen LogP contribution in [-0.2, 0) is 11.3 Å². The normalized spacial score (nSPS) is 43.5. The second kappa shape index (κ2) is 7.38. The molecule has 4 aliphatic rings. The molecule has 5 heteroatoms. The minimum atomic E-state index is -0.450. The van der Waals surface area contributed by atoms with Crippen molar-refractivity contribution < 1.29 is 9.90 Å². The molecule has 6 rings (SSSR count). The number of carbonyl (C=O) groups is 1. The fourth-order valence-electron chi connectivity index (χ4n) is 8.87. The lowest BCUT2D eigenvalue weighted by molar-refractivity contribution is -0.133. The Kier molecular flexibility index (Phi) is 4.80. The van der Waals surface area contributed by atoms with E-state index in [0.29, 0.717) is 24.2 Å². The van der Waals surface area contributed by atoms with Gasteiger partial charge in [0.2, 0.25) is 0 Å². The molecule has 0 aromatic carbocycles. The average molecular weight is 436 g/mol. The van der Waals surface area contributed by atoms with Crippen LogP contribution in [0.5, 0.6) is 0 Å². The first-order chi connectivity index (χ1) is 15.3. The molecule has 0 spiro atoms. The van der Waals surface area contributed by atoms with Crippen LogP contribution in [0.3, 0.4) is 0 Å². The summed E-state index contributed by atoms with van der Waals surface area (Å²) in [6, 6.07) is 3.92. The number of hydrogen-bond acceptors (Lipinski definition) is 4. The summed E-state index contributed by atoms with van der Waals surface area (Å²) in [4.78, 5) is 17.8. The number of ketones is 1. The van der Waals surface area contributed by atoms with Crippen molar-refractivity contribution in [3.8, 4) is 0 Å². The highest BCUT2D eigenvalue weighted by Gasteiger charge is 2.58. The van der Waals surface area contributed by atoms with Crippen molar-refractivity contribution in [2.45, 2.75) is 83.8 Å². The number of aromatic nitrogens is 3. The van der Waals surface area contributed by atoms with Crippen LogP contribution in [0.25, 0.3) is 11.0 Å². The fraction of sp³-hybridized carbons (Fsp3) is 0.741. The van der Waals surface area contributed by atoms with E-state index >= 15 is 0 Å². The van der Waals surface area contributed by atoms with Crippen LogP contribution in [0.2, 0.25) is 0 Å². The molecular weight excluding hydrogens is 398 g/mol. The Morgan fingerprint density at radius 2 is 1.94 bits per heavy atom. The molecule has 4 saturated carbocycles. The molecule has 2 aromatic heterocycles. The molecule has 8 atom stereocenters. The van der Waals surface area contributed by atoms with Gasteiger partial charge in [0, 0.05) is 23.7 Å². The Bertz CT molecular complexity index is 996. The maximum absolute atomic E-state index is 13.5. The van der Waals surface area contributed by atoms with E-state index in [4.69, 9.17) is 0 Å². The van der Waals surface area contributed by atoms with Gasteiger partial charge in [0.25, 0.3) is 0 Å². The predicted molar refractivity (Wildman–Crippen MR) is 124 cm³/mol. The Hall–Kier alpha value is -1.75. The SMILES string of the molecule is C[C@@]1(O)CCC2[C@H](CC[C@@H]3[C@@H]2CC[C@]2(C)[C@@H](C(=O)Cn4cc5cccnc5n4)CC[C@@H]32)C1. The van der Waals surface area contributed by atoms with Gasteiger partial charge in [-0.3, -0.25) is 9.48 Å². The number of hydrogen-bond donors (Lipinski definition) is 1. The van der Waals surface area contributed by atoms with Crippen LogP contribution in [0.4, 0.5) is 0 Å². The van der Waals surface area contributed by atoms with Crippen LogP contribution in [-0.4, -0.2) is 31.3 Å². The molecule has 0 radical (unpaired) electrons. The van der Waals surface area contributed by atoms with Crippen LogP contribution in [0, 0.1) is 40.9 Å². The van der Waals surface area contributed by atoms with Crippen molar-refractivity contribution in [3.05, 3.63) is 24.5 Å². The van der Waals surface area contributed by atoms with E-state index in [9.17, 15) is 9.90 Å². The number of aliphatic hydroxyl groups is 1. The zero-order valence-corrected chi connectivity index (χ0v) is 19.5. The van der Waals surface area contributed by atoms with E-state index in [1.165, 1.54) is 38.5 Å². The lowest BCUT2D eigenvalue weighted by Gasteiger charge is -2.56. The third-order valence-electron chi connectivity index (χ3n) is 10.3. The summed E-state index contributed by atoms with van der Waals surface area (Å²) in [5, 5.41) is 16.2. The standard InChI is InChI=1S/C27H37N3O2/c1-26(32)11-9-19-17(14-26)5-6-21-20(19)10-12-27(2)22(21)7-8-23(27)24(31)16-30-15-18-4-3-13-28-25(18)29-30/h3-4,13,15,17,19-23,32H,5-12,14,16H2,1-2H3/t17-,19?,20-,21-,22+,23-,26-,27+/m1/s1. The maximum atomic E-state index is 13.5. The molecule has 0 bridgehead atoms. The summed E-state index contributed by atoms with van der Waals surface area (Å²) in [5.74, 6) is 4.34. The van der Waals surface area contributed by atoms with E-state index in [-0.39, 0.29) is 11.3 Å².